The molecule has 0 aliphatic heterocycles. The summed E-state index contributed by atoms with van der Waals surface area (Å²) in [5.41, 5.74) is 0.728. The lowest BCUT2D eigenvalue weighted by Crippen LogP contribution is -2.17. The van der Waals surface area contributed by atoms with Gasteiger partial charge in [-0.1, -0.05) is 6.07 Å². The fraction of sp³-hybridized carbons (Fsp3) is 0.400. The van der Waals surface area contributed by atoms with Crippen LogP contribution < -0.4 is 10.1 Å². The van der Waals surface area contributed by atoms with Crippen molar-refractivity contribution in [3.63, 3.8) is 0 Å². The van der Waals surface area contributed by atoms with Crippen LogP contribution in [0.5, 0.6) is 5.75 Å². The van der Waals surface area contributed by atoms with Crippen LogP contribution in [0.25, 0.3) is 0 Å². The Morgan fingerprint density at radius 2 is 2.31 bits per heavy atom. The Hall–Kier alpha value is -1.66. The molecule has 2 N–H and O–H groups in total. The summed E-state index contributed by atoms with van der Waals surface area (Å²) in [6.45, 7) is 0.976. The topological polar surface area (TPSA) is 84.6 Å². The number of nitrogens with zero attached hydrogens (tertiary/aromatic N) is 1. The number of rotatable bonds is 6. The normalized spacial score (nSPS) is 10.1. The molecule has 16 heavy (non-hydrogen) atoms. The molecule has 0 aliphatic rings. The van der Waals surface area contributed by atoms with Gasteiger partial charge in [0, 0.05) is 19.2 Å². The van der Waals surface area contributed by atoms with Crippen LogP contribution >= 0.6 is 0 Å². The summed E-state index contributed by atoms with van der Waals surface area (Å²) in [7, 11) is 1.39. The quantitative estimate of drug-likeness (QED) is 0.423. The average Bonchev–Trinajstić information content (AvgIpc) is 2.29. The van der Waals surface area contributed by atoms with Gasteiger partial charge in [0.05, 0.1) is 18.6 Å². The Bertz CT molecular complexity index is 368. The molecule has 0 bridgehead atoms. The summed E-state index contributed by atoms with van der Waals surface area (Å²) >= 11 is 0. The lowest BCUT2D eigenvalue weighted by molar-refractivity contribution is -0.385. The van der Waals surface area contributed by atoms with Gasteiger partial charge in [0.15, 0.2) is 5.75 Å². The van der Waals surface area contributed by atoms with E-state index in [2.05, 4.69) is 5.32 Å². The first kappa shape index (κ1) is 12.4. The summed E-state index contributed by atoms with van der Waals surface area (Å²) in [6.07, 6.45) is 0. The molecular formula is C10H14N2O4. The number of nitro groups is 1. The molecule has 0 spiro atoms. The molecule has 0 aromatic heterocycles. The van der Waals surface area contributed by atoms with Crippen molar-refractivity contribution < 1.29 is 14.8 Å². The summed E-state index contributed by atoms with van der Waals surface area (Å²) in [5.74, 6) is 0.246. The van der Waals surface area contributed by atoms with Crippen LogP contribution in [-0.2, 0) is 6.54 Å². The van der Waals surface area contributed by atoms with Crippen LogP contribution in [0, 0.1) is 10.1 Å². The van der Waals surface area contributed by atoms with Crippen molar-refractivity contribution in [1.29, 1.82) is 0 Å². The number of nitrogens with one attached hydrogen (secondary N) is 1. The maximum Gasteiger partial charge on any atom is 0.311 e. The van der Waals surface area contributed by atoms with Crippen LogP contribution in [-0.4, -0.2) is 30.3 Å². The van der Waals surface area contributed by atoms with E-state index in [-0.39, 0.29) is 18.0 Å². The Labute approximate surface area is 93.0 Å². The Morgan fingerprint density at radius 1 is 1.56 bits per heavy atom. The van der Waals surface area contributed by atoms with Gasteiger partial charge in [0.25, 0.3) is 0 Å². The van der Waals surface area contributed by atoms with E-state index in [1.165, 1.54) is 13.2 Å². The van der Waals surface area contributed by atoms with E-state index in [0.29, 0.717) is 13.1 Å². The van der Waals surface area contributed by atoms with Gasteiger partial charge in [-0.2, -0.15) is 0 Å². The first-order chi connectivity index (χ1) is 7.69. The average molecular weight is 226 g/mol. The van der Waals surface area contributed by atoms with Crippen molar-refractivity contribution >= 4 is 5.69 Å². The maximum atomic E-state index is 10.7. The third-order valence-corrected chi connectivity index (χ3v) is 2.06. The SMILES string of the molecule is COc1ccc(CNCCO)cc1[N+](=O)[O-]. The molecule has 0 saturated carbocycles. The lowest BCUT2D eigenvalue weighted by Gasteiger charge is -2.05. The monoisotopic (exact) mass is 226 g/mol. The van der Waals surface area contributed by atoms with Gasteiger partial charge < -0.3 is 15.2 Å². The molecule has 1 aromatic carbocycles. The fourth-order valence-electron chi connectivity index (χ4n) is 1.30. The van der Waals surface area contributed by atoms with Gasteiger partial charge in [-0.25, -0.2) is 0 Å². The van der Waals surface area contributed by atoms with E-state index < -0.39 is 4.92 Å². The number of aliphatic hydroxyl groups is 1. The third-order valence-electron chi connectivity index (χ3n) is 2.06. The maximum absolute atomic E-state index is 10.7. The zero-order chi connectivity index (χ0) is 12.0. The predicted molar refractivity (Wildman–Crippen MR) is 58.4 cm³/mol. The second-order valence-electron chi connectivity index (χ2n) is 3.16. The zero-order valence-corrected chi connectivity index (χ0v) is 8.97. The second kappa shape index (κ2) is 6.04. The number of hydrogen-bond donors (Lipinski definition) is 2. The number of benzene rings is 1. The molecule has 0 aliphatic carbocycles. The number of aliphatic hydroxyl groups excluding tert-OH is 1. The molecule has 0 radical (unpaired) electrons. The predicted octanol–water partition coefficient (Wildman–Crippen LogP) is 0.685. The van der Waals surface area contributed by atoms with E-state index in [4.69, 9.17) is 9.84 Å². The van der Waals surface area contributed by atoms with Crippen LogP contribution in [0.15, 0.2) is 18.2 Å². The van der Waals surface area contributed by atoms with E-state index >= 15 is 0 Å². The summed E-state index contributed by atoms with van der Waals surface area (Å²) in [5, 5.41) is 22.2. The minimum atomic E-state index is -0.478. The van der Waals surface area contributed by atoms with Crippen LogP contribution in [0.3, 0.4) is 0 Å². The fourth-order valence-corrected chi connectivity index (χ4v) is 1.30. The smallest absolute Gasteiger partial charge is 0.311 e. The van der Waals surface area contributed by atoms with E-state index in [9.17, 15) is 10.1 Å². The number of ether oxygens (including phenoxy) is 1. The highest BCUT2D eigenvalue weighted by molar-refractivity contribution is 5.48. The third kappa shape index (κ3) is 3.18. The second-order valence-corrected chi connectivity index (χ2v) is 3.16. The molecule has 1 rings (SSSR count). The highest BCUT2D eigenvalue weighted by Gasteiger charge is 2.14. The summed E-state index contributed by atoms with van der Waals surface area (Å²) < 4.78 is 4.89. The van der Waals surface area contributed by atoms with Crippen molar-refractivity contribution in [2.24, 2.45) is 0 Å². The van der Waals surface area contributed by atoms with Gasteiger partial charge in [-0.05, 0) is 11.6 Å². The Balaban J connectivity index is 2.81. The van der Waals surface area contributed by atoms with Crippen LogP contribution in [0.4, 0.5) is 5.69 Å². The van der Waals surface area contributed by atoms with Crippen LogP contribution in [0.1, 0.15) is 5.56 Å². The van der Waals surface area contributed by atoms with Crippen molar-refractivity contribution in [3.8, 4) is 5.75 Å². The zero-order valence-electron chi connectivity index (χ0n) is 8.97. The summed E-state index contributed by atoms with van der Waals surface area (Å²) in [6, 6.07) is 4.77. The highest BCUT2D eigenvalue weighted by atomic mass is 16.6. The van der Waals surface area contributed by atoms with Crippen molar-refractivity contribution in [3.05, 3.63) is 33.9 Å². The lowest BCUT2D eigenvalue weighted by atomic mass is 10.2. The molecule has 0 unspecified atom stereocenters. The Kier molecular flexibility index (Phi) is 4.68. The van der Waals surface area contributed by atoms with Gasteiger partial charge in [0.1, 0.15) is 0 Å². The molecule has 0 atom stereocenters. The molecule has 0 heterocycles. The van der Waals surface area contributed by atoms with E-state index in [0.717, 1.165) is 5.56 Å². The van der Waals surface area contributed by atoms with Gasteiger partial charge in [0.2, 0.25) is 0 Å². The molecule has 6 nitrogen and oxygen atoms in total. The first-order valence-corrected chi connectivity index (χ1v) is 4.82. The molecule has 0 saturated heterocycles. The molecule has 0 fully saturated rings. The van der Waals surface area contributed by atoms with E-state index in [1.807, 2.05) is 0 Å². The molecular weight excluding hydrogens is 212 g/mol. The van der Waals surface area contributed by atoms with E-state index in [1.54, 1.807) is 12.1 Å². The van der Waals surface area contributed by atoms with Crippen LogP contribution in [0.2, 0.25) is 0 Å². The summed E-state index contributed by atoms with van der Waals surface area (Å²) in [4.78, 5) is 10.3. The first-order valence-electron chi connectivity index (χ1n) is 4.82. The van der Waals surface area contributed by atoms with Crippen molar-refractivity contribution in [1.82, 2.24) is 5.32 Å². The minimum Gasteiger partial charge on any atom is -0.490 e. The highest BCUT2D eigenvalue weighted by Crippen LogP contribution is 2.27. The minimum absolute atomic E-state index is 0.0399. The van der Waals surface area contributed by atoms with Crippen molar-refractivity contribution in [2.75, 3.05) is 20.3 Å². The van der Waals surface area contributed by atoms with Gasteiger partial charge >= 0.3 is 5.69 Å². The standard InChI is InChI=1S/C10H14N2O4/c1-16-10-3-2-8(7-11-4-5-13)6-9(10)12(14)15/h2-3,6,11,13H,4-5,7H2,1H3. The molecule has 88 valence electrons. The number of methoxy groups -OCH3 is 1. The molecule has 1 aromatic rings. The number of nitro benzene ring substituents is 1. The largest absolute Gasteiger partial charge is 0.490 e. The van der Waals surface area contributed by atoms with Gasteiger partial charge in [-0.15, -0.1) is 0 Å². The van der Waals surface area contributed by atoms with Crippen molar-refractivity contribution in [2.45, 2.75) is 6.54 Å². The number of hydrogen-bond acceptors (Lipinski definition) is 5. The molecule has 6 heteroatoms. The Morgan fingerprint density at radius 3 is 2.88 bits per heavy atom. The molecule has 0 amide bonds. The van der Waals surface area contributed by atoms with Gasteiger partial charge in [-0.3, -0.25) is 10.1 Å².